The molecule has 0 unspecified atom stereocenters. The number of benzene rings is 2. The van der Waals surface area contributed by atoms with Crippen LogP contribution < -0.4 is 10.2 Å². The summed E-state index contributed by atoms with van der Waals surface area (Å²) in [5, 5.41) is 3.08. The van der Waals surface area contributed by atoms with Gasteiger partial charge in [0.25, 0.3) is 5.91 Å². The molecule has 2 amide bonds. The van der Waals surface area contributed by atoms with Crippen molar-refractivity contribution in [3.05, 3.63) is 60.2 Å². The van der Waals surface area contributed by atoms with E-state index < -0.39 is 12.0 Å². The van der Waals surface area contributed by atoms with Crippen molar-refractivity contribution in [3.63, 3.8) is 0 Å². The number of nitrogens with one attached hydrogen (secondary N) is 1. The minimum atomic E-state index is -0.598. The van der Waals surface area contributed by atoms with Crippen molar-refractivity contribution in [1.82, 2.24) is 0 Å². The average molecular weight is 338 g/mol. The van der Waals surface area contributed by atoms with Gasteiger partial charge in [0.15, 0.2) is 0 Å². The summed E-state index contributed by atoms with van der Waals surface area (Å²) in [6, 6.07) is 14.9. The van der Waals surface area contributed by atoms with Gasteiger partial charge in [0, 0.05) is 5.69 Å². The minimum Gasteiger partial charge on any atom is -0.462 e. The fraction of sp³-hybridized carbons (Fsp3) is 0.211. The largest absolute Gasteiger partial charge is 0.462 e. The molecule has 2 aromatic rings. The molecule has 6 heteroatoms. The first kappa shape index (κ1) is 16.7. The lowest BCUT2D eigenvalue weighted by molar-refractivity contribution is -0.121. The van der Waals surface area contributed by atoms with Gasteiger partial charge in [-0.05, 0) is 43.3 Å². The molecule has 2 aromatic carbocycles. The Morgan fingerprint density at radius 3 is 2.44 bits per heavy atom. The van der Waals surface area contributed by atoms with Gasteiger partial charge in [0.1, 0.15) is 6.04 Å². The maximum Gasteiger partial charge on any atom is 0.338 e. The van der Waals surface area contributed by atoms with E-state index in [-0.39, 0.29) is 24.8 Å². The predicted octanol–water partition coefficient (Wildman–Crippen LogP) is 2.61. The zero-order chi connectivity index (χ0) is 17.8. The number of para-hydroxylation sites is 1. The van der Waals surface area contributed by atoms with Crippen LogP contribution >= 0.6 is 0 Å². The maximum atomic E-state index is 12.6. The molecular formula is C19H18N2O4. The highest BCUT2D eigenvalue weighted by molar-refractivity contribution is 6.23. The SMILES string of the molecule is CCOC(=O)c1ccc(N2C(=O)C[C@H](Nc3ccccc3)C2=O)cc1. The molecule has 0 bridgehead atoms. The summed E-state index contributed by atoms with van der Waals surface area (Å²) in [7, 11) is 0. The Morgan fingerprint density at radius 2 is 1.80 bits per heavy atom. The van der Waals surface area contributed by atoms with Crippen LogP contribution in [0.25, 0.3) is 0 Å². The second kappa shape index (κ2) is 7.17. The van der Waals surface area contributed by atoms with Crippen molar-refractivity contribution in [2.45, 2.75) is 19.4 Å². The van der Waals surface area contributed by atoms with Crippen LogP contribution in [0.15, 0.2) is 54.6 Å². The van der Waals surface area contributed by atoms with Crippen molar-refractivity contribution in [1.29, 1.82) is 0 Å². The van der Waals surface area contributed by atoms with Crippen molar-refractivity contribution in [2.75, 3.05) is 16.8 Å². The first-order valence-electron chi connectivity index (χ1n) is 8.05. The summed E-state index contributed by atoms with van der Waals surface area (Å²) in [5.41, 5.74) is 1.61. The predicted molar refractivity (Wildman–Crippen MR) is 93.4 cm³/mol. The van der Waals surface area contributed by atoms with Gasteiger partial charge >= 0.3 is 5.97 Å². The zero-order valence-corrected chi connectivity index (χ0v) is 13.8. The van der Waals surface area contributed by atoms with Gasteiger partial charge in [-0.1, -0.05) is 18.2 Å². The van der Waals surface area contributed by atoms with E-state index in [4.69, 9.17) is 4.74 Å². The molecule has 0 saturated carbocycles. The number of amides is 2. The molecule has 0 aliphatic carbocycles. The van der Waals surface area contributed by atoms with E-state index in [1.807, 2.05) is 30.3 Å². The third-order valence-electron chi connectivity index (χ3n) is 3.90. The Labute approximate surface area is 145 Å². The summed E-state index contributed by atoms with van der Waals surface area (Å²) in [4.78, 5) is 37.7. The Bertz CT molecular complexity index is 787. The third kappa shape index (κ3) is 3.52. The number of rotatable bonds is 5. The molecule has 0 radical (unpaired) electrons. The number of ether oxygens (including phenoxy) is 1. The number of hydrogen-bond donors (Lipinski definition) is 1. The first-order chi connectivity index (χ1) is 12.1. The fourth-order valence-electron chi connectivity index (χ4n) is 2.71. The molecule has 1 aliphatic heterocycles. The minimum absolute atomic E-state index is 0.0906. The monoisotopic (exact) mass is 338 g/mol. The van der Waals surface area contributed by atoms with Crippen molar-refractivity contribution >= 4 is 29.2 Å². The summed E-state index contributed by atoms with van der Waals surface area (Å²) in [6.45, 7) is 2.02. The van der Waals surface area contributed by atoms with Gasteiger partial charge in [-0.25, -0.2) is 9.69 Å². The van der Waals surface area contributed by atoms with Crippen LogP contribution in [0.2, 0.25) is 0 Å². The molecule has 1 fully saturated rings. The second-order valence-corrected chi connectivity index (χ2v) is 5.60. The second-order valence-electron chi connectivity index (χ2n) is 5.60. The summed E-state index contributed by atoms with van der Waals surface area (Å²) in [6.07, 6.45) is 0.0906. The average Bonchev–Trinajstić information content (AvgIpc) is 2.90. The molecule has 6 nitrogen and oxygen atoms in total. The smallest absolute Gasteiger partial charge is 0.338 e. The van der Waals surface area contributed by atoms with Gasteiger partial charge in [-0.2, -0.15) is 0 Å². The number of nitrogens with zero attached hydrogens (tertiary/aromatic N) is 1. The molecular weight excluding hydrogens is 320 g/mol. The fourth-order valence-corrected chi connectivity index (χ4v) is 2.71. The Balaban J connectivity index is 1.75. The Hall–Kier alpha value is -3.15. The van der Waals surface area contributed by atoms with Crippen LogP contribution in [0.4, 0.5) is 11.4 Å². The van der Waals surface area contributed by atoms with E-state index in [1.54, 1.807) is 31.2 Å². The van der Waals surface area contributed by atoms with Crippen molar-refractivity contribution < 1.29 is 19.1 Å². The van der Waals surface area contributed by atoms with Gasteiger partial charge in [0.05, 0.1) is 24.3 Å². The van der Waals surface area contributed by atoms with E-state index >= 15 is 0 Å². The van der Waals surface area contributed by atoms with Gasteiger partial charge in [0.2, 0.25) is 5.91 Å². The third-order valence-corrected chi connectivity index (χ3v) is 3.90. The number of imide groups is 1. The lowest BCUT2D eigenvalue weighted by Crippen LogP contribution is -2.34. The van der Waals surface area contributed by atoms with Crippen LogP contribution in [0.5, 0.6) is 0 Å². The van der Waals surface area contributed by atoms with Crippen molar-refractivity contribution in [3.8, 4) is 0 Å². The van der Waals surface area contributed by atoms with Crippen LogP contribution in [0, 0.1) is 0 Å². The summed E-state index contributed by atoms with van der Waals surface area (Å²) >= 11 is 0. The van der Waals surface area contributed by atoms with Crippen molar-refractivity contribution in [2.24, 2.45) is 0 Å². The molecule has 0 spiro atoms. The molecule has 1 saturated heterocycles. The van der Waals surface area contributed by atoms with Crippen LogP contribution in [-0.2, 0) is 14.3 Å². The van der Waals surface area contributed by atoms with Crippen LogP contribution in [0.3, 0.4) is 0 Å². The highest BCUT2D eigenvalue weighted by Crippen LogP contribution is 2.25. The standard InChI is InChI=1S/C19H18N2O4/c1-2-25-19(24)13-8-10-15(11-9-13)21-17(22)12-16(18(21)23)20-14-6-4-3-5-7-14/h3-11,16,20H,2,12H2,1H3/t16-/m0/s1. The van der Waals surface area contributed by atoms with Crippen LogP contribution in [0.1, 0.15) is 23.7 Å². The first-order valence-corrected chi connectivity index (χ1v) is 8.05. The van der Waals surface area contributed by atoms with E-state index in [2.05, 4.69) is 5.32 Å². The van der Waals surface area contributed by atoms with Gasteiger partial charge in [-0.15, -0.1) is 0 Å². The molecule has 1 aliphatic rings. The maximum absolute atomic E-state index is 12.6. The van der Waals surface area contributed by atoms with Crippen LogP contribution in [-0.4, -0.2) is 30.4 Å². The van der Waals surface area contributed by atoms with E-state index in [9.17, 15) is 14.4 Å². The molecule has 128 valence electrons. The normalized spacial score (nSPS) is 16.8. The number of anilines is 2. The lowest BCUT2D eigenvalue weighted by atomic mass is 10.2. The highest BCUT2D eigenvalue weighted by Gasteiger charge is 2.39. The number of esters is 1. The topological polar surface area (TPSA) is 75.7 Å². The Morgan fingerprint density at radius 1 is 1.12 bits per heavy atom. The van der Waals surface area contributed by atoms with E-state index in [0.29, 0.717) is 11.3 Å². The van der Waals surface area contributed by atoms with Gasteiger partial charge in [-0.3, -0.25) is 9.59 Å². The van der Waals surface area contributed by atoms with E-state index in [0.717, 1.165) is 10.6 Å². The van der Waals surface area contributed by atoms with E-state index in [1.165, 1.54) is 0 Å². The summed E-state index contributed by atoms with van der Waals surface area (Å²) < 4.78 is 4.92. The summed E-state index contributed by atoms with van der Waals surface area (Å²) in [5.74, 6) is -1.02. The highest BCUT2D eigenvalue weighted by atomic mass is 16.5. The molecule has 1 atom stereocenters. The van der Waals surface area contributed by atoms with Gasteiger partial charge < -0.3 is 10.1 Å². The number of hydrogen-bond acceptors (Lipinski definition) is 5. The molecule has 0 aromatic heterocycles. The number of carbonyl (C=O) groups excluding carboxylic acids is 3. The zero-order valence-electron chi connectivity index (χ0n) is 13.8. The number of carbonyl (C=O) groups is 3. The molecule has 1 N–H and O–H groups in total. The Kier molecular flexibility index (Phi) is 4.79. The molecule has 1 heterocycles. The molecule has 3 rings (SSSR count). The molecule has 25 heavy (non-hydrogen) atoms. The lowest BCUT2D eigenvalue weighted by Gasteiger charge is -2.16. The quantitative estimate of drug-likeness (QED) is 0.670.